The number of carboxylic acids is 1. The Hall–Kier alpha value is -1.66. The SMILES string of the molecule is C=C1C[C@]23C[C@@]1(O)CCC2[C@@]12C=C[C@H](O)[C@](C)(C(=O)O1)C2C3C(=O)O. The van der Waals surface area contributed by atoms with E-state index >= 15 is 0 Å². The lowest BCUT2D eigenvalue weighted by Gasteiger charge is -2.44. The third kappa shape index (κ3) is 1.36. The summed E-state index contributed by atoms with van der Waals surface area (Å²) >= 11 is 0. The summed E-state index contributed by atoms with van der Waals surface area (Å²) in [6, 6.07) is 0. The van der Waals surface area contributed by atoms with Crippen molar-refractivity contribution in [2.45, 2.75) is 49.9 Å². The maximum Gasteiger partial charge on any atom is 0.316 e. The number of aliphatic hydroxyl groups is 2. The highest BCUT2D eigenvalue weighted by Crippen LogP contribution is 2.77. The number of fused-ring (bicyclic) bond motifs is 1. The van der Waals surface area contributed by atoms with Crippen molar-refractivity contribution in [1.82, 2.24) is 0 Å². The molecule has 1 aliphatic heterocycles. The predicted octanol–water partition coefficient (Wildman–Crippen LogP) is 1.03. The highest BCUT2D eigenvalue weighted by Gasteiger charge is 2.83. The molecule has 5 aliphatic rings. The van der Waals surface area contributed by atoms with E-state index in [2.05, 4.69) is 6.58 Å². The van der Waals surface area contributed by atoms with Crippen LogP contribution in [0.5, 0.6) is 0 Å². The summed E-state index contributed by atoms with van der Waals surface area (Å²) in [4.78, 5) is 25.1. The van der Waals surface area contributed by atoms with Crippen molar-refractivity contribution in [2.24, 2.45) is 28.6 Å². The molecule has 0 aromatic carbocycles. The molecule has 6 heteroatoms. The lowest BCUT2D eigenvalue weighted by Crippen LogP contribution is -2.50. The van der Waals surface area contributed by atoms with Crippen LogP contribution in [0, 0.1) is 28.6 Å². The number of hydrogen-bond donors (Lipinski definition) is 3. The second kappa shape index (κ2) is 4.01. The first-order valence-electron chi connectivity index (χ1n) is 8.86. The zero-order valence-corrected chi connectivity index (χ0v) is 14.1. The minimum Gasteiger partial charge on any atom is -0.481 e. The smallest absolute Gasteiger partial charge is 0.316 e. The third-order valence-electron chi connectivity index (χ3n) is 8.12. The number of esters is 1. The van der Waals surface area contributed by atoms with Gasteiger partial charge in [0.2, 0.25) is 0 Å². The van der Waals surface area contributed by atoms with E-state index in [1.165, 1.54) is 0 Å². The van der Waals surface area contributed by atoms with Crippen molar-refractivity contribution in [2.75, 3.05) is 0 Å². The summed E-state index contributed by atoms with van der Waals surface area (Å²) in [5, 5.41) is 31.6. The molecule has 25 heavy (non-hydrogen) atoms. The van der Waals surface area contributed by atoms with Gasteiger partial charge in [-0.2, -0.15) is 0 Å². The fraction of sp³-hybridized carbons (Fsp3) is 0.684. The molecule has 8 atom stereocenters. The molecule has 0 radical (unpaired) electrons. The molecule has 3 unspecified atom stereocenters. The van der Waals surface area contributed by atoms with Gasteiger partial charge in [0.15, 0.2) is 0 Å². The summed E-state index contributed by atoms with van der Waals surface area (Å²) in [7, 11) is 0. The van der Waals surface area contributed by atoms with Gasteiger partial charge in [-0.25, -0.2) is 0 Å². The topological polar surface area (TPSA) is 104 Å². The zero-order chi connectivity index (χ0) is 18.0. The Bertz CT molecular complexity index is 772. The van der Waals surface area contributed by atoms with Crippen molar-refractivity contribution in [3.63, 3.8) is 0 Å². The van der Waals surface area contributed by atoms with Gasteiger partial charge in [0.1, 0.15) is 11.0 Å². The van der Waals surface area contributed by atoms with Crippen LogP contribution in [0.2, 0.25) is 0 Å². The maximum atomic E-state index is 12.7. The number of carbonyl (C=O) groups is 2. The number of rotatable bonds is 1. The van der Waals surface area contributed by atoms with Crippen LogP contribution in [-0.4, -0.2) is 44.6 Å². The van der Waals surface area contributed by atoms with E-state index in [0.717, 1.165) is 0 Å². The van der Waals surface area contributed by atoms with Gasteiger partial charge >= 0.3 is 11.9 Å². The van der Waals surface area contributed by atoms with E-state index in [4.69, 9.17) is 4.74 Å². The summed E-state index contributed by atoms with van der Waals surface area (Å²) in [5.41, 5.74) is -3.29. The number of ether oxygens (including phenoxy) is 1. The Balaban J connectivity index is 1.78. The van der Waals surface area contributed by atoms with E-state index in [1.54, 1.807) is 19.1 Å². The first-order valence-corrected chi connectivity index (χ1v) is 8.86. The quantitative estimate of drug-likeness (QED) is 0.484. The van der Waals surface area contributed by atoms with Crippen LogP contribution >= 0.6 is 0 Å². The Morgan fingerprint density at radius 1 is 1.44 bits per heavy atom. The summed E-state index contributed by atoms with van der Waals surface area (Å²) in [6.45, 7) is 5.64. The van der Waals surface area contributed by atoms with Crippen LogP contribution in [0.1, 0.15) is 32.6 Å². The van der Waals surface area contributed by atoms with Crippen molar-refractivity contribution >= 4 is 11.9 Å². The van der Waals surface area contributed by atoms with E-state index in [1.807, 2.05) is 0 Å². The van der Waals surface area contributed by atoms with E-state index in [9.17, 15) is 24.9 Å². The zero-order valence-electron chi connectivity index (χ0n) is 14.1. The molecule has 6 nitrogen and oxygen atoms in total. The van der Waals surface area contributed by atoms with Gasteiger partial charge in [-0.05, 0) is 49.7 Å². The van der Waals surface area contributed by atoms with Crippen molar-refractivity contribution in [3.05, 3.63) is 24.3 Å². The molecule has 1 heterocycles. The Morgan fingerprint density at radius 2 is 2.16 bits per heavy atom. The molecule has 3 saturated carbocycles. The van der Waals surface area contributed by atoms with Crippen LogP contribution in [0.4, 0.5) is 0 Å². The molecule has 0 aromatic heterocycles. The minimum atomic E-state index is -1.27. The van der Waals surface area contributed by atoms with Gasteiger partial charge in [-0.1, -0.05) is 12.7 Å². The maximum absolute atomic E-state index is 12.7. The molecule has 3 N–H and O–H groups in total. The van der Waals surface area contributed by atoms with Gasteiger partial charge in [-0.3, -0.25) is 9.59 Å². The summed E-state index contributed by atoms with van der Waals surface area (Å²) in [6.07, 6.45) is 4.11. The Labute approximate surface area is 145 Å². The van der Waals surface area contributed by atoms with Crippen LogP contribution in [0.25, 0.3) is 0 Å². The number of aliphatic hydroxyl groups excluding tert-OH is 1. The van der Waals surface area contributed by atoms with Crippen LogP contribution in [0.15, 0.2) is 24.3 Å². The second-order valence-corrected chi connectivity index (χ2v) is 8.94. The lowest BCUT2D eigenvalue weighted by molar-refractivity contribution is -0.163. The van der Waals surface area contributed by atoms with Crippen LogP contribution < -0.4 is 0 Å². The molecule has 0 aromatic rings. The summed E-state index contributed by atoms with van der Waals surface area (Å²) < 4.78 is 5.87. The molecule has 4 fully saturated rings. The number of carbonyl (C=O) groups excluding carboxylic acids is 1. The average molecular weight is 346 g/mol. The van der Waals surface area contributed by atoms with Crippen LogP contribution in [0.3, 0.4) is 0 Å². The Kier molecular flexibility index (Phi) is 2.50. The van der Waals surface area contributed by atoms with Crippen molar-refractivity contribution in [3.8, 4) is 0 Å². The average Bonchev–Trinajstić information content (AvgIpc) is 2.95. The molecular weight excluding hydrogens is 324 g/mol. The molecule has 0 amide bonds. The molecule has 5 rings (SSSR count). The highest BCUT2D eigenvalue weighted by atomic mass is 16.6. The fourth-order valence-electron chi connectivity index (χ4n) is 7.13. The Morgan fingerprint density at radius 3 is 2.84 bits per heavy atom. The molecule has 1 spiro atoms. The second-order valence-electron chi connectivity index (χ2n) is 8.94. The third-order valence-corrected chi connectivity index (χ3v) is 8.12. The van der Waals surface area contributed by atoms with E-state index < -0.39 is 51.9 Å². The molecule has 4 bridgehead atoms. The van der Waals surface area contributed by atoms with Crippen LogP contribution in [-0.2, 0) is 14.3 Å². The number of carboxylic acid groups (broad SMARTS) is 1. The minimum absolute atomic E-state index is 0.180. The summed E-state index contributed by atoms with van der Waals surface area (Å²) in [5.74, 6) is -3.18. The van der Waals surface area contributed by atoms with Crippen molar-refractivity contribution < 1.29 is 29.6 Å². The lowest BCUT2D eigenvalue weighted by atomic mass is 9.61. The highest BCUT2D eigenvalue weighted by molar-refractivity contribution is 5.86. The molecule has 1 saturated heterocycles. The molecular formula is C19H22O6. The number of hydrogen-bond acceptors (Lipinski definition) is 5. The van der Waals surface area contributed by atoms with E-state index in [0.29, 0.717) is 31.3 Å². The number of aliphatic carboxylic acids is 1. The van der Waals surface area contributed by atoms with Gasteiger partial charge in [0.25, 0.3) is 0 Å². The molecule has 134 valence electrons. The van der Waals surface area contributed by atoms with E-state index in [-0.39, 0.29) is 5.92 Å². The first-order chi connectivity index (χ1) is 11.6. The first kappa shape index (κ1) is 15.6. The largest absolute Gasteiger partial charge is 0.481 e. The fourth-order valence-corrected chi connectivity index (χ4v) is 7.13. The van der Waals surface area contributed by atoms with Gasteiger partial charge in [0.05, 0.1) is 17.6 Å². The molecule has 4 aliphatic carbocycles. The predicted molar refractivity (Wildman–Crippen MR) is 85.2 cm³/mol. The standard InChI is InChI=1S/C19H22O6/c1-9-7-17-8-18(9,24)5-3-10(17)19-6-4-11(20)16(2,15(23)25-19)13(19)12(17)14(21)22/h4,6,10-13,20,24H,1,3,5,7-8H2,2H3,(H,21,22)/t10?,11-,12?,13?,16-,17-,18-,19+/m0/s1. The van der Waals surface area contributed by atoms with Gasteiger partial charge in [0, 0.05) is 11.8 Å². The normalized spacial score (nSPS) is 58.0. The van der Waals surface area contributed by atoms with Crippen molar-refractivity contribution in [1.29, 1.82) is 0 Å². The monoisotopic (exact) mass is 346 g/mol. The van der Waals surface area contributed by atoms with Gasteiger partial charge in [-0.15, -0.1) is 0 Å². The van der Waals surface area contributed by atoms with Gasteiger partial charge < -0.3 is 20.1 Å².